The molecule has 0 atom stereocenters. The molecule has 0 saturated heterocycles. The number of benzene rings is 3. The number of nitrogens with zero attached hydrogens (tertiary/aromatic N) is 2. The van der Waals surface area contributed by atoms with E-state index in [1.54, 1.807) is 24.4 Å². The third kappa shape index (κ3) is 4.77. The minimum Gasteiger partial charge on any atom is -0.454 e. The van der Waals surface area contributed by atoms with Gasteiger partial charge in [-0.3, -0.25) is 4.79 Å². The SMILES string of the molecule is Cc1ccc(-c2nccc(Nc3cccc(C(=O)NCc4ccc5c(c4)OCO5)c3)n2)cc1. The van der Waals surface area contributed by atoms with Crippen molar-refractivity contribution in [1.82, 2.24) is 15.3 Å². The average molecular weight is 438 g/mol. The van der Waals surface area contributed by atoms with Crippen LogP contribution in [0.3, 0.4) is 0 Å². The van der Waals surface area contributed by atoms with Crippen LogP contribution in [-0.2, 0) is 6.54 Å². The second-order valence-electron chi connectivity index (χ2n) is 7.71. The molecule has 4 aromatic rings. The molecule has 7 nitrogen and oxygen atoms in total. The van der Waals surface area contributed by atoms with Crippen molar-refractivity contribution in [3.8, 4) is 22.9 Å². The number of rotatable bonds is 6. The highest BCUT2D eigenvalue weighted by atomic mass is 16.7. The van der Waals surface area contributed by atoms with Gasteiger partial charge in [-0.2, -0.15) is 0 Å². The van der Waals surface area contributed by atoms with Crippen LogP contribution in [0, 0.1) is 6.92 Å². The Kier molecular flexibility index (Phi) is 5.59. The summed E-state index contributed by atoms with van der Waals surface area (Å²) in [7, 11) is 0. The molecule has 0 unspecified atom stereocenters. The van der Waals surface area contributed by atoms with Gasteiger partial charge < -0.3 is 20.1 Å². The zero-order valence-electron chi connectivity index (χ0n) is 18.0. The van der Waals surface area contributed by atoms with Crippen molar-refractivity contribution in [2.24, 2.45) is 0 Å². The van der Waals surface area contributed by atoms with E-state index in [-0.39, 0.29) is 12.7 Å². The van der Waals surface area contributed by atoms with E-state index in [1.807, 2.05) is 61.5 Å². The average Bonchev–Trinajstić information content (AvgIpc) is 3.31. The number of carbonyl (C=O) groups excluding carboxylic acids is 1. The quantitative estimate of drug-likeness (QED) is 0.447. The topological polar surface area (TPSA) is 85.4 Å². The van der Waals surface area contributed by atoms with E-state index < -0.39 is 0 Å². The monoisotopic (exact) mass is 438 g/mol. The molecular formula is C26H22N4O3. The number of ether oxygens (including phenoxy) is 2. The van der Waals surface area contributed by atoms with Crippen molar-refractivity contribution in [3.63, 3.8) is 0 Å². The van der Waals surface area contributed by atoms with Crippen LogP contribution in [0.15, 0.2) is 79.0 Å². The van der Waals surface area contributed by atoms with Gasteiger partial charge in [0, 0.05) is 29.6 Å². The smallest absolute Gasteiger partial charge is 0.251 e. The summed E-state index contributed by atoms with van der Waals surface area (Å²) in [4.78, 5) is 21.7. The molecule has 5 rings (SSSR count). The fourth-order valence-electron chi connectivity index (χ4n) is 3.49. The summed E-state index contributed by atoms with van der Waals surface area (Å²) in [6.45, 7) is 2.66. The van der Waals surface area contributed by atoms with Gasteiger partial charge >= 0.3 is 0 Å². The maximum Gasteiger partial charge on any atom is 0.251 e. The highest BCUT2D eigenvalue weighted by Gasteiger charge is 2.14. The number of anilines is 2. The molecule has 164 valence electrons. The van der Waals surface area contributed by atoms with E-state index in [9.17, 15) is 4.79 Å². The second-order valence-corrected chi connectivity index (χ2v) is 7.71. The van der Waals surface area contributed by atoms with Crippen molar-refractivity contribution >= 4 is 17.4 Å². The summed E-state index contributed by atoms with van der Waals surface area (Å²) in [5.41, 5.74) is 4.38. The van der Waals surface area contributed by atoms with Crippen molar-refractivity contribution in [3.05, 3.63) is 95.7 Å². The number of fused-ring (bicyclic) bond motifs is 1. The second kappa shape index (κ2) is 9.00. The molecule has 0 radical (unpaired) electrons. The van der Waals surface area contributed by atoms with Crippen LogP contribution in [0.5, 0.6) is 11.5 Å². The minimum absolute atomic E-state index is 0.167. The Morgan fingerprint density at radius 1 is 0.970 bits per heavy atom. The Morgan fingerprint density at radius 3 is 2.70 bits per heavy atom. The maximum absolute atomic E-state index is 12.7. The normalized spacial score (nSPS) is 11.8. The molecule has 0 fully saturated rings. The number of amides is 1. The Bertz CT molecular complexity index is 1310. The Labute approximate surface area is 191 Å². The van der Waals surface area contributed by atoms with E-state index in [1.165, 1.54) is 5.56 Å². The fourth-order valence-corrected chi connectivity index (χ4v) is 3.49. The summed E-state index contributed by atoms with van der Waals surface area (Å²) in [5.74, 6) is 2.54. The predicted molar refractivity (Wildman–Crippen MR) is 126 cm³/mol. The highest BCUT2D eigenvalue weighted by molar-refractivity contribution is 5.95. The largest absolute Gasteiger partial charge is 0.454 e. The van der Waals surface area contributed by atoms with Gasteiger partial charge in [-0.15, -0.1) is 0 Å². The Morgan fingerprint density at radius 2 is 1.82 bits per heavy atom. The third-order valence-corrected chi connectivity index (χ3v) is 5.25. The molecule has 2 N–H and O–H groups in total. The van der Waals surface area contributed by atoms with Crippen LogP contribution < -0.4 is 20.1 Å². The molecule has 0 aliphatic carbocycles. The van der Waals surface area contributed by atoms with Crippen LogP contribution in [0.1, 0.15) is 21.5 Å². The number of aryl methyl sites for hydroxylation is 1. The van der Waals surface area contributed by atoms with E-state index in [2.05, 4.69) is 20.6 Å². The van der Waals surface area contributed by atoms with E-state index in [4.69, 9.17) is 9.47 Å². The summed E-state index contributed by atoms with van der Waals surface area (Å²) in [6.07, 6.45) is 1.71. The molecule has 0 spiro atoms. The van der Waals surface area contributed by atoms with Crippen LogP contribution in [0.4, 0.5) is 11.5 Å². The van der Waals surface area contributed by atoms with Crippen molar-refractivity contribution in [2.75, 3.05) is 12.1 Å². The molecular weight excluding hydrogens is 416 g/mol. The molecule has 33 heavy (non-hydrogen) atoms. The van der Waals surface area contributed by atoms with Gasteiger partial charge in [0.05, 0.1) is 0 Å². The lowest BCUT2D eigenvalue weighted by atomic mass is 10.1. The summed E-state index contributed by atoms with van der Waals surface area (Å²) < 4.78 is 10.7. The molecule has 0 saturated carbocycles. The number of nitrogens with one attached hydrogen (secondary N) is 2. The van der Waals surface area contributed by atoms with Crippen molar-refractivity contribution in [1.29, 1.82) is 0 Å². The number of aromatic nitrogens is 2. The van der Waals surface area contributed by atoms with Gasteiger partial charge in [-0.05, 0) is 48.9 Å². The van der Waals surface area contributed by atoms with Crippen LogP contribution >= 0.6 is 0 Å². The molecule has 1 aromatic heterocycles. The van der Waals surface area contributed by atoms with E-state index in [0.717, 1.165) is 22.6 Å². The fraction of sp³-hybridized carbons (Fsp3) is 0.115. The first-order valence-electron chi connectivity index (χ1n) is 10.6. The van der Waals surface area contributed by atoms with Gasteiger partial charge in [-0.25, -0.2) is 9.97 Å². The van der Waals surface area contributed by atoms with Gasteiger partial charge in [0.25, 0.3) is 5.91 Å². The minimum atomic E-state index is -0.167. The molecule has 1 aliphatic rings. The number of hydrogen-bond donors (Lipinski definition) is 2. The Hall–Kier alpha value is -4.39. The van der Waals surface area contributed by atoms with Crippen molar-refractivity contribution in [2.45, 2.75) is 13.5 Å². The summed E-state index contributed by atoms with van der Waals surface area (Å²) in [5, 5.41) is 6.21. The molecule has 7 heteroatoms. The standard InChI is InChI=1S/C26H22N4O3/c1-17-5-8-19(9-6-17)25-27-12-11-24(30-25)29-21-4-2-3-20(14-21)26(31)28-15-18-7-10-22-23(13-18)33-16-32-22/h2-14H,15-16H2,1H3,(H,28,31)(H,27,29,30). The maximum atomic E-state index is 12.7. The van der Waals surface area contributed by atoms with Gasteiger partial charge in [0.1, 0.15) is 5.82 Å². The van der Waals surface area contributed by atoms with Gasteiger partial charge in [-0.1, -0.05) is 42.0 Å². The first-order chi connectivity index (χ1) is 16.1. The van der Waals surface area contributed by atoms with Crippen LogP contribution in [-0.4, -0.2) is 22.7 Å². The number of hydrogen-bond acceptors (Lipinski definition) is 6. The van der Waals surface area contributed by atoms with Gasteiger partial charge in [0.2, 0.25) is 6.79 Å². The first-order valence-corrected chi connectivity index (χ1v) is 10.6. The van der Waals surface area contributed by atoms with Crippen LogP contribution in [0.25, 0.3) is 11.4 Å². The molecule has 3 aromatic carbocycles. The third-order valence-electron chi connectivity index (χ3n) is 5.25. The lowest BCUT2D eigenvalue weighted by molar-refractivity contribution is 0.0951. The van der Waals surface area contributed by atoms with Crippen molar-refractivity contribution < 1.29 is 14.3 Å². The highest BCUT2D eigenvalue weighted by Crippen LogP contribution is 2.32. The molecule has 1 amide bonds. The Balaban J connectivity index is 1.26. The molecule has 0 bridgehead atoms. The predicted octanol–water partition coefficient (Wildman–Crippen LogP) is 4.85. The van der Waals surface area contributed by atoms with Gasteiger partial charge in [0.15, 0.2) is 17.3 Å². The van der Waals surface area contributed by atoms with Crippen LogP contribution in [0.2, 0.25) is 0 Å². The van der Waals surface area contributed by atoms with E-state index >= 15 is 0 Å². The first kappa shape index (κ1) is 20.5. The molecule has 2 heterocycles. The van der Waals surface area contributed by atoms with E-state index in [0.29, 0.717) is 29.5 Å². The molecule has 1 aliphatic heterocycles. The lowest BCUT2D eigenvalue weighted by Crippen LogP contribution is -2.22. The summed E-state index contributed by atoms with van der Waals surface area (Å²) in [6, 6.07) is 22.8. The zero-order valence-corrected chi connectivity index (χ0v) is 18.0. The number of carbonyl (C=O) groups is 1. The zero-order chi connectivity index (χ0) is 22.6. The lowest BCUT2D eigenvalue weighted by Gasteiger charge is -2.10. The summed E-state index contributed by atoms with van der Waals surface area (Å²) >= 11 is 0.